The largest absolute Gasteiger partial charge is 0.419 e. The smallest absolute Gasteiger partial charge is 0.350 e. The van der Waals surface area contributed by atoms with Crippen LogP contribution in [0.4, 0.5) is 11.4 Å². The SMILES string of the molecule is CC1(C)OC(=O)C(=CNc2ccccc2Sc2ccccc2[N+](=O)[O-])C(=O)O1. The first-order valence-electron chi connectivity index (χ1n) is 8.20. The van der Waals surface area contributed by atoms with Crippen LogP contribution in [0.1, 0.15) is 13.8 Å². The van der Waals surface area contributed by atoms with Crippen LogP contribution < -0.4 is 5.32 Å². The Hall–Kier alpha value is -3.33. The van der Waals surface area contributed by atoms with Gasteiger partial charge in [-0.25, -0.2) is 9.59 Å². The van der Waals surface area contributed by atoms with E-state index in [0.717, 1.165) is 0 Å². The molecule has 1 N–H and O–H groups in total. The number of nitro benzene ring substituents is 1. The van der Waals surface area contributed by atoms with Gasteiger partial charge in [-0.2, -0.15) is 0 Å². The maximum absolute atomic E-state index is 12.0. The normalized spacial score (nSPS) is 15.4. The Morgan fingerprint density at radius 2 is 1.57 bits per heavy atom. The number of benzene rings is 2. The molecule has 1 fully saturated rings. The number of nitrogens with zero attached hydrogens (tertiary/aromatic N) is 1. The molecule has 0 aromatic heterocycles. The molecule has 3 rings (SSSR count). The third-order valence-electron chi connectivity index (χ3n) is 3.66. The number of hydrogen-bond acceptors (Lipinski definition) is 8. The number of hydrogen-bond donors (Lipinski definition) is 1. The Morgan fingerprint density at radius 3 is 2.21 bits per heavy atom. The van der Waals surface area contributed by atoms with Gasteiger partial charge in [-0.3, -0.25) is 10.1 Å². The second kappa shape index (κ2) is 7.73. The molecular weight excluding hydrogens is 384 g/mol. The van der Waals surface area contributed by atoms with Crippen LogP contribution in [-0.2, 0) is 19.1 Å². The highest BCUT2D eigenvalue weighted by Crippen LogP contribution is 2.38. The number of esters is 2. The molecule has 1 saturated heterocycles. The third kappa shape index (κ3) is 4.32. The van der Waals surface area contributed by atoms with Crippen LogP contribution in [0.3, 0.4) is 0 Å². The molecule has 0 radical (unpaired) electrons. The Balaban J connectivity index is 1.85. The molecule has 0 atom stereocenters. The number of carbonyl (C=O) groups excluding carboxylic acids is 2. The fourth-order valence-electron chi connectivity index (χ4n) is 2.42. The van der Waals surface area contributed by atoms with Crippen LogP contribution in [0, 0.1) is 10.1 Å². The average Bonchev–Trinajstić information content (AvgIpc) is 2.61. The van der Waals surface area contributed by atoms with Crippen LogP contribution in [-0.4, -0.2) is 22.6 Å². The summed E-state index contributed by atoms with van der Waals surface area (Å²) in [5, 5.41) is 14.1. The van der Waals surface area contributed by atoms with Crippen LogP contribution >= 0.6 is 11.8 Å². The van der Waals surface area contributed by atoms with E-state index in [9.17, 15) is 19.7 Å². The van der Waals surface area contributed by atoms with Crippen molar-refractivity contribution in [3.05, 3.63) is 70.4 Å². The quantitative estimate of drug-likeness (QED) is 0.265. The monoisotopic (exact) mass is 400 g/mol. The van der Waals surface area contributed by atoms with Gasteiger partial charge in [0.25, 0.3) is 11.5 Å². The molecule has 0 amide bonds. The van der Waals surface area contributed by atoms with Gasteiger partial charge in [-0.05, 0) is 18.2 Å². The summed E-state index contributed by atoms with van der Waals surface area (Å²) in [5.41, 5.74) is 0.274. The van der Waals surface area contributed by atoms with Gasteiger partial charge in [-0.15, -0.1) is 0 Å². The lowest BCUT2D eigenvalue weighted by molar-refractivity contribution is -0.387. The first-order valence-corrected chi connectivity index (χ1v) is 9.02. The zero-order valence-corrected chi connectivity index (χ0v) is 15.8. The second-order valence-electron chi connectivity index (χ2n) is 6.20. The maximum Gasteiger partial charge on any atom is 0.350 e. The number of carbonyl (C=O) groups is 2. The van der Waals surface area contributed by atoms with Crippen molar-refractivity contribution in [1.82, 2.24) is 0 Å². The van der Waals surface area contributed by atoms with E-state index in [4.69, 9.17) is 9.47 Å². The molecule has 2 aromatic carbocycles. The molecule has 0 saturated carbocycles. The number of nitro groups is 1. The third-order valence-corrected chi connectivity index (χ3v) is 4.80. The zero-order chi connectivity index (χ0) is 20.3. The number of para-hydroxylation sites is 2. The lowest BCUT2D eigenvalue weighted by atomic mass is 10.2. The standard InChI is InChI=1S/C19H16N2O6S/c1-19(2)26-17(22)12(18(23)27-19)11-20-13-7-3-5-9-15(13)28-16-10-6-4-8-14(16)21(24)25/h3-11,20H,1-2H3. The molecule has 1 aliphatic rings. The molecule has 0 spiro atoms. The van der Waals surface area contributed by atoms with E-state index in [1.165, 1.54) is 37.9 Å². The Morgan fingerprint density at radius 1 is 1.00 bits per heavy atom. The lowest BCUT2D eigenvalue weighted by Gasteiger charge is -2.29. The molecule has 0 aliphatic carbocycles. The predicted octanol–water partition coefficient (Wildman–Crippen LogP) is 3.88. The molecule has 1 aliphatic heterocycles. The van der Waals surface area contributed by atoms with Crippen molar-refractivity contribution >= 4 is 35.1 Å². The minimum absolute atomic E-state index is 0.0117. The topological polar surface area (TPSA) is 108 Å². The molecule has 1 heterocycles. The number of cyclic esters (lactones) is 2. The van der Waals surface area contributed by atoms with Gasteiger partial charge in [0.15, 0.2) is 5.57 Å². The summed E-state index contributed by atoms with van der Waals surface area (Å²) in [5.74, 6) is -2.90. The number of rotatable bonds is 5. The van der Waals surface area contributed by atoms with Crippen LogP contribution in [0.5, 0.6) is 0 Å². The summed E-state index contributed by atoms with van der Waals surface area (Å²) in [4.78, 5) is 36.0. The van der Waals surface area contributed by atoms with E-state index in [1.54, 1.807) is 42.5 Å². The first kappa shape index (κ1) is 19.4. The highest BCUT2D eigenvalue weighted by molar-refractivity contribution is 7.99. The van der Waals surface area contributed by atoms with Crippen molar-refractivity contribution in [2.24, 2.45) is 0 Å². The van der Waals surface area contributed by atoms with Crippen molar-refractivity contribution in [2.75, 3.05) is 5.32 Å². The van der Waals surface area contributed by atoms with Crippen LogP contribution in [0.25, 0.3) is 0 Å². The second-order valence-corrected chi connectivity index (χ2v) is 7.29. The van der Waals surface area contributed by atoms with Crippen molar-refractivity contribution in [1.29, 1.82) is 0 Å². The number of ether oxygens (including phenoxy) is 2. The maximum atomic E-state index is 12.0. The summed E-state index contributed by atoms with van der Waals surface area (Å²) < 4.78 is 10.1. The van der Waals surface area contributed by atoms with E-state index < -0.39 is 22.6 Å². The van der Waals surface area contributed by atoms with Gasteiger partial charge in [0.2, 0.25) is 0 Å². The van der Waals surface area contributed by atoms with Crippen molar-refractivity contribution in [3.8, 4) is 0 Å². The van der Waals surface area contributed by atoms with E-state index in [1.807, 2.05) is 0 Å². The summed E-state index contributed by atoms with van der Waals surface area (Å²) in [6.45, 7) is 2.93. The lowest BCUT2D eigenvalue weighted by Crippen LogP contribution is -2.42. The van der Waals surface area contributed by atoms with Gasteiger partial charge >= 0.3 is 11.9 Å². The van der Waals surface area contributed by atoms with E-state index in [-0.39, 0.29) is 11.3 Å². The molecule has 0 unspecified atom stereocenters. The molecule has 2 aromatic rings. The molecular formula is C19H16N2O6S. The van der Waals surface area contributed by atoms with Crippen molar-refractivity contribution in [3.63, 3.8) is 0 Å². The molecule has 9 heteroatoms. The Labute approximate surface area is 164 Å². The van der Waals surface area contributed by atoms with Crippen LogP contribution in [0.15, 0.2) is 70.1 Å². The Bertz CT molecular complexity index is 964. The average molecular weight is 400 g/mol. The number of anilines is 1. The van der Waals surface area contributed by atoms with E-state index in [2.05, 4.69) is 5.32 Å². The van der Waals surface area contributed by atoms with Crippen molar-refractivity contribution < 1.29 is 24.0 Å². The predicted molar refractivity (Wildman–Crippen MR) is 102 cm³/mol. The van der Waals surface area contributed by atoms with Crippen molar-refractivity contribution in [2.45, 2.75) is 29.4 Å². The van der Waals surface area contributed by atoms with E-state index >= 15 is 0 Å². The zero-order valence-electron chi connectivity index (χ0n) is 15.0. The fraction of sp³-hybridized carbons (Fsp3) is 0.158. The highest BCUT2D eigenvalue weighted by Gasteiger charge is 2.39. The van der Waals surface area contributed by atoms with Gasteiger partial charge in [-0.1, -0.05) is 36.0 Å². The van der Waals surface area contributed by atoms with Gasteiger partial charge in [0, 0.05) is 31.0 Å². The van der Waals surface area contributed by atoms with Gasteiger partial charge < -0.3 is 14.8 Å². The summed E-state index contributed by atoms with van der Waals surface area (Å²) >= 11 is 1.19. The molecule has 8 nitrogen and oxygen atoms in total. The number of nitrogens with one attached hydrogen (secondary N) is 1. The minimum atomic E-state index is -1.31. The molecule has 144 valence electrons. The minimum Gasteiger partial charge on any atom is -0.419 e. The first-order chi connectivity index (χ1) is 13.3. The Kier molecular flexibility index (Phi) is 5.36. The van der Waals surface area contributed by atoms with Gasteiger partial charge in [0.1, 0.15) is 0 Å². The summed E-state index contributed by atoms with van der Waals surface area (Å²) in [7, 11) is 0. The van der Waals surface area contributed by atoms with Gasteiger partial charge in [0.05, 0.1) is 15.5 Å². The highest BCUT2D eigenvalue weighted by atomic mass is 32.2. The molecule has 0 bridgehead atoms. The fourth-order valence-corrected chi connectivity index (χ4v) is 3.43. The van der Waals surface area contributed by atoms with E-state index in [0.29, 0.717) is 15.5 Å². The van der Waals surface area contributed by atoms with Crippen LogP contribution in [0.2, 0.25) is 0 Å². The molecule has 28 heavy (non-hydrogen) atoms. The summed E-state index contributed by atoms with van der Waals surface area (Å²) in [6.07, 6.45) is 1.21. The summed E-state index contributed by atoms with van der Waals surface area (Å²) in [6, 6.07) is 13.4.